The number of ether oxygens (including phenoxy) is 1. The van der Waals surface area contributed by atoms with Crippen LogP contribution in [0, 0.1) is 5.92 Å². The van der Waals surface area contributed by atoms with Crippen molar-refractivity contribution in [2.75, 3.05) is 6.61 Å². The summed E-state index contributed by atoms with van der Waals surface area (Å²) in [6, 6.07) is 0. The van der Waals surface area contributed by atoms with Crippen LogP contribution in [-0.2, 0) is 4.74 Å². The molecule has 0 bridgehead atoms. The lowest BCUT2D eigenvalue weighted by atomic mass is 9.84. The van der Waals surface area contributed by atoms with Crippen LogP contribution in [0.4, 0.5) is 0 Å². The highest BCUT2D eigenvalue weighted by atomic mass is 16.6. The van der Waals surface area contributed by atoms with Crippen LogP contribution in [0.2, 0.25) is 0 Å². The first-order chi connectivity index (χ1) is 5.08. The third-order valence-electron chi connectivity index (χ3n) is 2.67. The van der Waals surface area contributed by atoms with Gasteiger partial charge in [0.05, 0.1) is 18.3 Å². The van der Waals surface area contributed by atoms with E-state index in [1.54, 1.807) is 0 Å². The Labute approximate surface area is 68.6 Å². The zero-order valence-corrected chi connectivity index (χ0v) is 7.63. The third-order valence-corrected chi connectivity index (χ3v) is 2.67. The maximum atomic E-state index is 10.0. The molecule has 2 heteroatoms. The standard InChI is InChI=1S/C9H18O2/c1-4-9(10,7(2)3)5-8-6-11-8/h7-8,10H,4-6H2,1-3H3/t8-,9+/m1/s1. The Morgan fingerprint density at radius 3 is 2.45 bits per heavy atom. The monoisotopic (exact) mass is 158 g/mol. The number of hydrogen-bond acceptors (Lipinski definition) is 2. The van der Waals surface area contributed by atoms with E-state index in [1.807, 2.05) is 6.92 Å². The van der Waals surface area contributed by atoms with Crippen molar-refractivity contribution in [2.45, 2.75) is 45.3 Å². The fraction of sp³-hybridized carbons (Fsp3) is 1.00. The van der Waals surface area contributed by atoms with Crippen LogP contribution in [0.25, 0.3) is 0 Å². The predicted octanol–water partition coefficient (Wildman–Crippen LogP) is 1.57. The van der Waals surface area contributed by atoms with Gasteiger partial charge in [0.25, 0.3) is 0 Å². The highest BCUT2D eigenvalue weighted by Gasteiger charge is 2.37. The number of hydrogen-bond donors (Lipinski definition) is 1. The molecule has 11 heavy (non-hydrogen) atoms. The maximum Gasteiger partial charge on any atom is 0.0837 e. The van der Waals surface area contributed by atoms with Gasteiger partial charge < -0.3 is 9.84 Å². The highest BCUT2D eigenvalue weighted by Crippen LogP contribution is 2.31. The SMILES string of the molecule is CC[C@](O)(C[C@@H]1CO1)C(C)C. The molecule has 1 aliphatic rings. The molecule has 0 unspecified atom stereocenters. The largest absolute Gasteiger partial charge is 0.390 e. The molecule has 0 aromatic carbocycles. The molecule has 66 valence electrons. The van der Waals surface area contributed by atoms with Crippen molar-refractivity contribution in [3.05, 3.63) is 0 Å². The van der Waals surface area contributed by atoms with Crippen molar-refractivity contribution in [3.63, 3.8) is 0 Å². The minimum Gasteiger partial charge on any atom is -0.390 e. The van der Waals surface area contributed by atoms with Gasteiger partial charge in [0.1, 0.15) is 0 Å². The Hall–Kier alpha value is -0.0800. The van der Waals surface area contributed by atoms with Crippen LogP contribution in [0.1, 0.15) is 33.6 Å². The molecule has 1 saturated heterocycles. The van der Waals surface area contributed by atoms with Gasteiger partial charge in [0, 0.05) is 6.42 Å². The maximum absolute atomic E-state index is 10.0. The van der Waals surface area contributed by atoms with Crippen molar-refractivity contribution in [1.82, 2.24) is 0 Å². The second kappa shape index (κ2) is 3.11. The zero-order chi connectivity index (χ0) is 8.48. The minimum absolute atomic E-state index is 0.330. The molecule has 0 aromatic rings. The molecule has 2 atom stereocenters. The summed E-state index contributed by atoms with van der Waals surface area (Å²) in [6.45, 7) is 7.00. The van der Waals surface area contributed by atoms with Gasteiger partial charge in [0.2, 0.25) is 0 Å². The van der Waals surface area contributed by atoms with Crippen LogP contribution in [0.5, 0.6) is 0 Å². The Kier molecular flexibility index (Phi) is 2.55. The molecule has 1 rings (SSSR count). The second-order valence-corrected chi connectivity index (χ2v) is 3.77. The Bertz CT molecular complexity index is 130. The van der Waals surface area contributed by atoms with E-state index >= 15 is 0 Å². The molecule has 0 saturated carbocycles. The minimum atomic E-state index is -0.499. The number of rotatable bonds is 4. The van der Waals surface area contributed by atoms with Gasteiger partial charge in [-0.2, -0.15) is 0 Å². The first-order valence-electron chi connectivity index (χ1n) is 4.42. The normalized spacial score (nSPS) is 28.6. The molecule has 0 aromatic heterocycles. The molecule has 1 heterocycles. The van der Waals surface area contributed by atoms with Crippen LogP contribution >= 0.6 is 0 Å². The summed E-state index contributed by atoms with van der Waals surface area (Å²) in [5.41, 5.74) is -0.499. The molecule has 1 N–H and O–H groups in total. The lowest BCUT2D eigenvalue weighted by Crippen LogP contribution is -2.35. The summed E-state index contributed by atoms with van der Waals surface area (Å²) >= 11 is 0. The molecule has 0 radical (unpaired) electrons. The van der Waals surface area contributed by atoms with Crippen molar-refractivity contribution < 1.29 is 9.84 Å². The molecule has 2 nitrogen and oxygen atoms in total. The molecule has 1 fully saturated rings. The molecular weight excluding hydrogens is 140 g/mol. The second-order valence-electron chi connectivity index (χ2n) is 3.77. The lowest BCUT2D eigenvalue weighted by Gasteiger charge is -2.30. The first kappa shape index (κ1) is 9.01. The lowest BCUT2D eigenvalue weighted by molar-refractivity contribution is -0.0221. The van der Waals surface area contributed by atoms with E-state index in [0.29, 0.717) is 12.0 Å². The summed E-state index contributed by atoms with van der Waals surface area (Å²) in [6.07, 6.45) is 1.97. The Morgan fingerprint density at radius 2 is 2.18 bits per heavy atom. The van der Waals surface area contributed by atoms with E-state index in [1.165, 1.54) is 0 Å². The Balaban J connectivity index is 2.42. The third kappa shape index (κ3) is 2.17. The average Bonchev–Trinajstić information content (AvgIpc) is 2.71. The van der Waals surface area contributed by atoms with Gasteiger partial charge in [-0.25, -0.2) is 0 Å². The predicted molar refractivity (Wildman–Crippen MR) is 44.4 cm³/mol. The fourth-order valence-corrected chi connectivity index (χ4v) is 1.37. The summed E-state index contributed by atoms with van der Waals surface area (Å²) in [5, 5.41) is 10.0. The molecular formula is C9H18O2. The quantitative estimate of drug-likeness (QED) is 0.630. The van der Waals surface area contributed by atoms with Crippen molar-refractivity contribution in [3.8, 4) is 0 Å². The molecule has 0 aliphatic carbocycles. The number of aliphatic hydroxyl groups is 1. The van der Waals surface area contributed by atoms with E-state index in [9.17, 15) is 5.11 Å². The van der Waals surface area contributed by atoms with Crippen LogP contribution < -0.4 is 0 Å². The van der Waals surface area contributed by atoms with Crippen molar-refractivity contribution >= 4 is 0 Å². The van der Waals surface area contributed by atoms with E-state index in [-0.39, 0.29) is 0 Å². The van der Waals surface area contributed by atoms with E-state index in [0.717, 1.165) is 19.4 Å². The average molecular weight is 158 g/mol. The van der Waals surface area contributed by atoms with Crippen LogP contribution in [0.3, 0.4) is 0 Å². The van der Waals surface area contributed by atoms with Gasteiger partial charge in [-0.3, -0.25) is 0 Å². The topological polar surface area (TPSA) is 32.8 Å². The fourth-order valence-electron chi connectivity index (χ4n) is 1.37. The van der Waals surface area contributed by atoms with Crippen molar-refractivity contribution in [2.24, 2.45) is 5.92 Å². The van der Waals surface area contributed by atoms with Crippen LogP contribution in [-0.4, -0.2) is 23.4 Å². The zero-order valence-electron chi connectivity index (χ0n) is 7.63. The summed E-state index contributed by atoms with van der Waals surface area (Å²) in [7, 11) is 0. The van der Waals surface area contributed by atoms with E-state index in [4.69, 9.17) is 4.74 Å². The van der Waals surface area contributed by atoms with Gasteiger partial charge >= 0.3 is 0 Å². The summed E-state index contributed by atoms with van der Waals surface area (Å²) < 4.78 is 5.10. The van der Waals surface area contributed by atoms with Crippen molar-refractivity contribution in [1.29, 1.82) is 0 Å². The smallest absolute Gasteiger partial charge is 0.0837 e. The molecule has 1 aliphatic heterocycles. The Morgan fingerprint density at radius 1 is 1.64 bits per heavy atom. The van der Waals surface area contributed by atoms with Gasteiger partial charge in [0.15, 0.2) is 0 Å². The van der Waals surface area contributed by atoms with Gasteiger partial charge in [-0.05, 0) is 12.3 Å². The first-order valence-corrected chi connectivity index (χ1v) is 4.42. The van der Waals surface area contributed by atoms with E-state index < -0.39 is 5.60 Å². The number of epoxide rings is 1. The van der Waals surface area contributed by atoms with Gasteiger partial charge in [-0.15, -0.1) is 0 Å². The van der Waals surface area contributed by atoms with E-state index in [2.05, 4.69) is 13.8 Å². The molecule has 0 amide bonds. The van der Waals surface area contributed by atoms with Crippen LogP contribution in [0.15, 0.2) is 0 Å². The summed E-state index contributed by atoms with van der Waals surface area (Å²) in [5.74, 6) is 0.330. The highest BCUT2D eigenvalue weighted by molar-refractivity contribution is 4.87. The van der Waals surface area contributed by atoms with Gasteiger partial charge in [-0.1, -0.05) is 20.8 Å². The molecule has 0 spiro atoms. The summed E-state index contributed by atoms with van der Waals surface area (Å²) in [4.78, 5) is 0.